The van der Waals surface area contributed by atoms with Crippen LogP contribution >= 0.6 is 0 Å². The van der Waals surface area contributed by atoms with Crippen LogP contribution in [0.4, 0.5) is 5.69 Å². The lowest BCUT2D eigenvalue weighted by atomic mass is 9.92. The number of anilines is 1. The van der Waals surface area contributed by atoms with E-state index >= 15 is 0 Å². The van der Waals surface area contributed by atoms with Crippen molar-refractivity contribution in [1.29, 1.82) is 0 Å². The predicted octanol–water partition coefficient (Wildman–Crippen LogP) is 2.78. The molecule has 0 bridgehead atoms. The topological polar surface area (TPSA) is 49.8 Å². The number of hydrogen-bond donors (Lipinski definition) is 1. The molecule has 0 radical (unpaired) electrons. The van der Waals surface area contributed by atoms with Gasteiger partial charge in [-0.1, -0.05) is 6.07 Å². The number of carboxylic acids is 1. The largest absolute Gasteiger partial charge is 0.497 e. The summed E-state index contributed by atoms with van der Waals surface area (Å²) >= 11 is 0. The van der Waals surface area contributed by atoms with Crippen molar-refractivity contribution >= 4 is 11.7 Å². The third kappa shape index (κ3) is 3.88. The Hall–Kier alpha value is -1.71. The average molecular weight is 263 g/mol. The van der Waals surface area contributed by atoms with Crippen LogP contribution in [0.5, 0.6) is 5.75 Å². The fourth-order valence-electron chi connectivity index (χ4n) is 2.61. The minimum absolute atomic E-state index is 0.295. The highest BCUT2D eigenvalue weighted by atomic mass is 16.5. The van der Waals surface area contributed by atoms with Gasteiger partial charge in [0.25, 0.3) is 0 Å². The SMILES string of the molecule is COc1cccc(N2CCC(CCC(=O)O)CC2)c1. The maximum absolute atomic E-state index is 10.6. The first-order chi connectivity index (χ1) is 9.19. The number of nitrogens with zero attached hydrogens (tertiary/aromatic N) is 1. The van der Waals surface area contributed by atoms with Gasteiger partial charge in [-0.05, 0) is 37.3 Å². The highest BCUT2D eigenvalue weighted by Crippen LogP contribution is 2.27. The van der Waals surface area contributed by atoms with Crippen LogP contribution in [-0.4, -0.2) is 31.3 Å². The molecule has 1 aromatic carbocycles. The summed E-state index contributed by atoms with van der Waals surface area (Å²) in [7, 11) is 1.68. The van der Waals surface area contributed by atoms with E-state index in [4.69, 9.17) is 9.84 Å². The molecule has 4 nitrogen and oxygen atoms in total. The second kappa shape index (κ2) is 6.45. The number of aliphatic carboxylic acids is 1. The van der Waals surface area contributed by atoms with Crippen molar-refractivity contribution < 1.29 is 14.6 Å². The van der Waals surface area contributed by atoms with Gasteiger partial charge in [0.2, 0.25) is 0 Å². The maximum Gasteiger partial charge on any atom is 0.303 e. The van der Waals surface area contributed by atoms with E-state index in [1.165, 1.54) is 5.69 Å². The van der Waals surface area contributed by atoms with E-state index in [-0.39, 0.29) is 0 Å². The number of rotatable bonds is 5. The number of carbonyl (C=O) groups is 1. The molecule has 0 aromatic heterocycles. The van der Waals surface area contributed by atoms with Crippen molar-refractivity contribution in [2.75, 3.05) is 25.1 Å². The Kier molecular flexibility index (Phi) is 4.66. The monoisotopic (exact) mass is 263 g/mol. The van der Waals surface area contributed by atoms with E-state index < -0.39 is 5.97 Å². The van der Waals surface area contributed by atoms with Crippen LogP contribution in [0, 0.1) is 5.92 Å². The Labute approximate surface area is 114 Å². The zero-order valence-electron chi connectivity index (χ0n) is 11.3. The molecule has 1 aromatic rings. The van der Waals surface area contributed by atoms with Crippen LogP contribution in [0.15, 0.2) is 24.3 Å². The quantitative estimate of drug-likeness (QED) is 0.887. The average Bonchev–Trinajstić information content (AvgIpc) is 2.45. The van der Waals surface area contributed by atoms with Crippen molar-refractivity contribution in [2.24, 2.45) is 5.92 Å². The lowest BCUT2D eigenvalue weighted by Gasteiger charge is -2.33. The molecular formula is C15H21NO3. The van der Waals surface area contributed by atoms with Crippen molar-refractivity contribution in [3.05, 3.63) is 24.3 Å². The molecule has 1 aliphatic rings. The van der Waals surface area contributed by atoms with E-state index in [0.717, 1.165) is 38.1 Å². The number of piperidine rings is 1. The number of ether oxygens (including phenoxy) is 1. The Morgan fingerprint density at radius 3 is 2.79 bits per heavy atom. The molecule has 0 atom stereocenters. The lowest BCUT2D eigenvalue weighted by molar-refractivity contribution is -0.137. The molecule has 0 saturated carbocycles. The first-order valence-electron chi connectivity index (χ1n) is 6.80. The molecule has 104 valence electrons. The third-order valence-electron chi connectivity index (χ3n) is 3.80. The van der Waals surface area contributed by atoms with E-state index in [1.807, 2.05) is 12.1 Å². The first kappa shape index (κ1) is 13.7. The molecule has 1 aliphatic heterocycles. The van der Waals surface area contributed by atoms with Gasteiger partial charge in [0.05, 0.1) is 7.11 Å². The van der Waals surface area contributed by atoms with Gasteiger partial charge in [-0.2, -0.15) is 0 Å². The highest BCUT2D eigenvalue weighted by Gasteiger charge is 2.20. The number of carboxylic acid groups (broad SMARTS) is 1. The second-order valence-corrected chi connectivity index (χ2v) is 5.06. The number of methoxy groups -OCH3 is 1. The van der Waals surface area contributed by atoms with Crippen molar-refractivity contribution in [3.63, 3.8) is 0 Å². The van der Waals surface area contributed by atoms with Crippen LogP contribution in [-0.2, 0) is 4.79 Å². The van der Waals surface area contributed by atoms with Gasteiger partial charge in [-0.3, -0.25) is 4.79 Å². The van der Waals surface area contributed by atoms with Gasteiger partial charge in [-0.15, -0.1) is 0 Å². The van der Waals surface area contributed by atoms with Crippen molar-refractivity contribution in [3.8, 4) is 5.75 Å². The number of benzene rings is 1. The molecule has 1 fully saturated rings. The summed E-state index contributed by atoms with van der Waals surface area (Å²) in [5.74, 6) is 0.749. The summed E-state index contributed by atoms with van der Waals surface area (Å²) in [5, 5.41) is 8.71. The van der Waals surface area contributed by atoms with E-state index in [0.29, 0.717) is 12.3 Å². The standard InChI is InChI=1S/C15H21NO3/c1-19-14-4-2-3-13(11-14)16-9-7-12(8-10-16)5-6-15(17)18/h2-4,11-12H,5-10H2,1H3,(H,17,18). The molecular weight excluding hydrogens is 242 g/mol. The predicted molar refractivity (Wildman–Crippen MR) is 74.8 cm³/mol. The van der Waals surface area contributed by atoms with E-state index in [2.05, 4.69) is 17.0 Å². The molecule has 0 spiro atoms. The minimum atomic E-state index is -0.685. The van der Waals surface area contributed by atoms with Gasteiger partial charge in [-0.25, -0.2) is 0 Å². The fourth-order valence-corrected chi connectivity index (χ4v) is 2.61. The van der Waals surface area contributed by atoms with Gasteiger partial charge in [0.1, 0.15) is 5.75 Å². The summed E-state index contributed by atoms with van der Waals surface area (Å²) in [5.41, 5.74) is 1.19. The van der Waals surface area contributed by atoms with Gasteiger partial charge < -0.3 is 14.7 Å². The zero-order valence-corrected chi connectivity index (χ0v) is 11.3. The van der Waals surface area contributed by atoms with Crippen LogP contribution in [0.1, 0.15) is 25.7 Å². The number of hydrogen-bond acceptors (Lipinski definition) is 3. The maximum atomic E-state index is 10.6. The molecule has 0 amide bonds. The Morgan fingerprint density at radius 2 is 2.16 bits per heavy atom. The van der Waals surface area contributed by atoms with Crippen molar-refractivity contribution in [1.82, 2.24) is 0 Å². The molecule has 0 unspecified atom stereocenters. The van der Waals surface area contributed by atoms with E-state index in [1.54, 1.807) is 7.11 Å². The van der Waals surface area contributed by atoms with Gasteiger partial charge >= 0.3 is 5.97 Å². The highest BCUT2D eigenvalue weighted by molar-refractivity contribution is 5.66. The van der Waals surface area contributed by atoms with Crippen LogP contribution < -0.4 is 9.64 Å². The summed E-state index contributed by atoms with van der Waals surface area (Å²) < 4.78 is 5.24. The first-order valence-corrected chi connectivity index (χ1v) is 6.80. The summed E-state index contributed by atoms with van der Waals surface area (Å²) in [6.45, 7) is 1.99. The smallest absolute Gasteiger partial charge is 0.303 e. The van der Waals surface area contributed by atoms with Crippen LogP contribution in [0.2, 0.25) is 0 Å². The zero-order chi connectivity index (χ0) is 13.7. The second-order valence-electron chi connectivity index (χ2n) is 5.06. The molecule has 2 rings (SSSR count). The molecule has 1 N–H and O–H groups in total. The molecule has 0 aliphatic carbocycles. The summed E-state index contributed by atoms with van der Waals surface area (Å²) in [6, 6.07) is 8.10. The van der Waals surface area contributed by atoms with Crippen LogP contribution in [0.3, 0.4) is 0 Å². The van der Waals surface area contributed by atoms with Crippen molar-refractivity contribution in [2.45, 2.75) is 25.7 Å². The summed E-state index contributed by atoms with van der Waals surface area (Å²) in [4.78, 5) is 12.9. The molecule has 1 saturated heterocycles. The Morgan fingerprint density at radius 1 is 1.42 bits per heavy atom. The Bertz CT molecular complexity index is 425. The fraction of sp³-hybridized carbons (Fsp3) is 0.533. The molecule has 19 heavy (non-hydrogen) atoms. The minimum Gasteiger partial charge on any atom is -0.497 e. The lowest BCUT2D eigenvalue weighted by Crippen LogP contribution is -2.33. The van der Waals surface area contributed by atoms with Gasteiger partial charge in [0, 0.05) is 31.3 Å². The molecule has 1 heterocycles. The molecule has 4 heteroatoms. The van der Waals surface area contributed by atoms with E-state index in [9.17, 15) is 4.79 Å². The Balaban J connectivity index is 1.87. The van der Waals surface area contributed by atoms with Gasteiger partial charge in [0.15, 0.2) is 0 Å². The van der Waals surface area contributed by atoms with Crippen LogP contribution in [0.25, 0.3) is 0 Å². The summed E-state index contributed by atoms with van der Waals surface area (Å²) in [6.07, 6.45) is 3.25. The normalized spacial score (nSPS) is 16.4. The third-order valence-corrected chi connectivity index (χ3v) is 3.80.